The van der Waals surface area contributed by atoms with Crippen molar-refractivity contribution in [2.24, 2.45) is 0 Å². The number of allylic oxidation sites excluding steroid dienone is 1. The van der Waals surface area contributed by atoms with E-state index in [0.717, 1.165) is 0 Å². The summed E-state index contributed by atoms with van der Waals surface area (Å²) in [7, 11) is -3.64. The van der Waals surface area contributed by atoms with E-state index in [0.29, 0.717) is 0 Å². The van der Waals surface area contributed by atoms with E-state index in [1.807, 2.05) is 0 Å². The van der Waals surface area contributed by atoms with E-state index >= 15 is 0 Å². The number of fused-ring (bicyclic) bond motifs is 1. The van der Waals surface area contributed by atoms with Crippen LogP contribution in [0.2, 0.25) is 0 Å². The Kier molecular flexibility index (Phi) is 3.50. The molecule has 2 aliphatic carbocycles. The summed E-state index contributed by atoms with van der Waals surface area (Å²) in [6.07, 6.45) is 0. The van der Waals surface area contributed by atoms with E-state index in [1.165, 1.54) is 29.3 Å². The number of hydrogen-bond donors (Lipinski definition) is 0. The maximum atomic E-state index is 11.4. The van der Waals surface area contributed by atoms with Gasteiger partial charge < -0.3 is 0 Å². The Labute approximate surface area is 112 Å². The molecule has 0 saturated carbocycles. The molecule has 0 bridgehead atoms. The minimum absolute atomic E-state index is 0.0987. The van der Waals surface area contributed by atoms with E-state index in [2.05, 4.69) is 30.8 Å². The third kappa shape index (κ3) is 2.90. The Hall–Kier alpha value is -2.38. The molecule has 3 nitrogen and oxygen atoms in total. The highest BCUT2D eigenvalue weighted by Crippen LogP contribution is 2.32. The van der Waals surface area contributed by atoms with E-state index in [4.69, 9.17) is 5.26 Å². The smallest absolute Gasteiger partial charge is 0.216 e. The van der Waals surface area contributed by atoms with Gasteiger partial charge in [0.25, 0.3) is 0 Å². The van der Waals surface area contributed by atoms with Crippen LogP contribution in [0.4, 0.5) is 0 Å². The Morgan fingerprint density at radius 3 is 1.95 bits per heavy atom. The zero-order chi connectivity index (χ0) is 13.9. The first kappa shape index (κ1) is 13.1. The lowest BCUT2D eigenvalue weighted by atomic mass is 10.4. The summed E-state index contributed by atoms with van der Waals surface area (Å²) in [5, 5.41) is 8.40. The van der Waals surface area contributed by atoms with E-state index in [1.54, 1.807) is 18.2 Å². The van der Waals surface area contributed by atoms with Crippen molar-refractivity contribution >= 4 is 9.84 Å². The number of benzene rings is 2. The van der Waals surface area contributed by atoms with Crippen molar-refractivity contribution < 1.29 is 8.42 Å². The van der Waals surface area contributed by atoms with Gasteiger partial charge in [-0.1, -0.05) is 43.0 Å². The molecule has 19 heavy (non-hydrogen) atoms. The number of sulfone groups is 1. The van der Waals surface area contributed by atoms with Crippen LogP contribution in [-0.4, -0.2) is 8.42 Å². The second-order valence-corrected chi connectivity index (χ2v) is 5.90. The standard InChI is InChI=1S/C9H7NO2S.C6H4/c1-8(7-10)13(11,12)9-5-3-2-4-6-9;1-2-5-4-6(5)3-1/h2-6H,1H2;1-4H. The summed E-state index contributed by atoms with van der Waals surface area (Å²) >= 11 is 0. The molecule has 0 spiro atoms. The first-order valence-corrected chi connectivity index (χ1v) is 7.03. The van der Waals surface area contributed by atoms with Gasteiger partial charge in [-0.3, -0.25) is 0 Å². The van der Waals surface area contributed by atoms with Crippen molar-refractivity contribution in [2.75, 3.05) is 0 Å². The highest BCUT2D eigenvalue weighted by atomic mass is 32.2. The van der Waals surface area contributed by atoms with E-state index < -0.39 is 14.7 Å². The average molecular weight is 269 g/mol. The van der Waals surface area contributed by atoms with Gasteiger partial charge in [-0.05, 0) is 29.3 Å². The molecule has 1 aromatic rings. The highest BCUT2D eigenvalue weighted by molar-refractivity contribution is 7.95. The summed E-state index contributed by atoms with van der Waals surface area (Å²) in [6.45, 7) is 3.17. The second-order valence-electron chi connectivity index (χ2n) is 3.93. The molecular formula is C15H11NO2S. The zero-order valence-corrected chi connectivity index (χ0v) is 10.9. The molecule has 0 amide bonds. The van der Waals surface area contributed by atoms with Gasteiger partial charge in [-0.15, -0.1) is 0 Å². The van der Waals surface area contributed by atoms with Crippen LogP contribution < -0.4 is 0 Å². The fraction of sp³-hybridized carbons (Fsp3) is 0. The van der Waals surface area contributed by atoms with Crippen LogP contribution in [-0.2, 0) is 9.84 Å². The van der Waals surface area contributed by atoms with Crippen molar-refractivity contribution in [3.05, 3.63) is 66.1 Å². The molecule has 0 fully saturated rings. The van der Waals surface area contributed by atoms with Crippen LogP contribution in [0.1, 0.15) is 0 Å². The van der Waals surface area contributed by atoms with Crippen molar-refractivity contribution in [1.29, 1.82) is 5.26 Å². The quantitative estimate of drug-likeness (QED) is 0.671. The van der Waals surface area contributed by atoms with Crippen LogP contribution in [0.3, 0.4) is 0 Å². The van der Waals surface area contributed by atoms with Gasteiger partial charge >= 0.3 is 0 Å². The molecule has 94 valence electrons. The number of hydrogen-bond acceptors (Lipinski definition) is 3. The average Bonchev–Trinajstić information content (AvgIpc) is 3.05. The fourth-order valence-corrected chi connectivity index (χ4v) is 2.40. The van der Waals surface area contributed by atoms with Gasteiger partial charge in [-0.25, -0.2) is 8.42 Å². The first-order valence-electron chi connectivity index (χ1n) is 5.55. The van der Waals surface area contributed by atoms with Crippen LogP contribution in [0.5, 0.6) is 0 Å². The third-order valence-electron chi connectivity index (χ3n) is 2.62. The summed E-state index contributed by atoms with van der Waals surface area (Å²) < 4.78 is 22.9. The molecule has 0 aliphatic heterocycles. The summed E-state index contributed by atoms with van der Waals surface area (Å²) in [5.41, 5.74) is 2.85. The van der Waals surface area contributed by atoms with E-state index in [9.17, 15) is 8.42 Å². The van der Waals surface area contributed by atoms with Gasteiger partial charge in [0.05, 0.1) is 4.90 Å². The summed E-state index contributed by atoms with van der Waals surface area (Å²) in [4.78, 5) is -0.333. The lowest BCUT2D eigenvalue weighted by Gasteiger charge is -1.99. The van der Waals surface area contributed by atoms with Gasteiger partial charge in [0.2, 0.25) is 9.84 Å². The maximum Gasteiger partial charge on any atom is 0.216 e. The highest BCUT2D eigenvalue weighted by Gasteiger charge is 2.17. The fourth-order valence-electron chi connectivity index (χ4n) is 1.48. The van der Waals surface area contributed by atoms with Crippen molar-refractivity contribution in [1.82, 2.24) is 0 Å². The lowest BCUT2D eigenvalue weighted by Crippen LogP contribution is -2.01. The molecule has 0 unspecified atom stereocenters. The van der Waals surface area contributed by atoms with Crippen LogP contribution in [0.25, 0.3) is 11.1 Å². The van der Waals surface area contributed by atoms with Crippen molar-refractivity contribution in [3.63, 3.8) is 0 Å². The zero-order valence-electron chi connectivity index (χ0n) is 10.1. The summed E-state index contributed by atoms with van der Waals surface area (Å²) in [6, 6.07) is 17.8. The first-order chi connectivity index (χ1) is 9.05. The molecular weight excluding hydrogens is 258 g/mol. The van der Waals surface area contributed by atoms with Crippen molar-refractivity contribution in [3.8, 4) is 17.2 Å². The molecule has 0 N–H and O–H groups in total. The topological polar surface area (TPSA) is 57.9 Å². The predicted octanol–water partition coefficient (Wildman–Crippen LogP) is 3.16. The molecule has 2 aliphatic rings. The number of rotatable bonds is 2. The molecule has 0 saturated heterocycles. The minimum Gasteiger partial charge on any atom is -0.218 e. The number of nitriles is 1. The lowest BCUT2D eigenvalue weighted by molar-refractivity contribution is 0.603. The third-order valence-corrected chi connectivity index (χ3v) is 4.25. The molecule has 0 heterocycles. The van der Waals surface area contributed by atoms with Gasteiger partial charge in [0, 0.05) is 0 Å². The Morgan fingerprint density at radius 1 is 1.00 bits per heavy atom. The minimum atomic E-state index is -3.64. The SMILES string of the molecule is C=C(C#N)S(=O)(=O)c1ccccc1.c1cc2cc-2c1. The van der Waals surface area contributed by atoms with E-state index in [-0.39, 0.29) is 4.90 Å². The van der Waals surface area contributed by atoms with Crippen molar-refractivity contribution in [2.45, 2.75) is 4.90 Å². The Balaban J connectivity index is 0.000000180. The summed E-state index contributed by atoms with van der Waals surface area (Å²) in [5.74, 6) is 0. The van der Waals surface area contributed by atoms with Gasteiger partial charge in [0.15, 0.2) is 0 Å². The predicted molar refractivity (Wildman–Crippen MR) is 73.8 cm³/mol. The maximum absolute atomic E-state index is 11.4. The Bertz CT molecular complexity index is 739. The van der Waals surface area contributed by atoms with Crippen LogP contribution >= 0.6 is 0 Å². The molecule has 4 heteroatoms. The normalized spacial score (nSPS) is 10.7. The molecule has 1 aromatic carbocycles. The Morgan fingerprint density at radius 2 is 1.58 bits per heavy atom. The monoisotopic (exact) mass is 269 g/mol. The molecule has 0 radical (unpaired) electrons. The molecule has 3 rings (SSSR count). The van der Waals surface area contributed by atoms with Crippen LogP contribution in [0, 0.1) is 11.3 Å². The second kappa shape index (κ2) is 5.09. The van der Waals surface area contributed by atoms with Crippen LogP contribution in [0.15, 0.2) is 71.0 Å². The van der Waals surface area contributed by atoms with Gasteiger partial charge in [0.1, 0.15) is 11.0 Å². The molecule has 0 aromatic heterocycles. The number of nitrogens with zero attached hydrogens (tertiary/aromatic N) is 1. The molecule has 0 atom stereocenters. The van der Waals surface area contributed by atoms with Gasteiger partial charge in [-0.2, -0.15) is 5.26 Å². The largest absolute Gasteiger partial charge is 0.218 e.